The second-order valence-corrected chi connectivity index (χ2v) is 11.7. The minimum Gasteiger partial charge on any atom is -0.465 e. The third-order valence-electron chi connectivity index (χ3n) is 6.41. The summed E-state index contributed by atoms with van der Waals surface area (Å²) in [5, 5.41) is 6.11. The van der Waals surface area contributed by atoms with Crippen molar-refractivity contribution in [3.8, 4) is 0 Å². The molecule has 2 N–H and O–H groups in total. The van der Waals surface area contributed by atoms with Gasteiger partial charge in [0, 0.05) is 21.5 Å². The molecule has 0 fully saturated rings. The molecular formula is C30H32N2O4S2. The number of benzene rings is 2. The van der Waals surface area contributed by atoms with Gasteiger partial charge in [-0.3, -0.25) is 9.59 Å². The Morgan fingerprint density at radius 3 is 2.66 bits per heavy atom. The number of thiophene rings is 1. The van der Waals surface area contributed by atoms with E-state index >= 15 is 0 Å². The largest absolute Gasteiger partial charge is 0.465 e. The summed E-state index contributed by atoms with van der Waals surface area (Å²) in [6, 6.07) is 17.1. The molecule has 0 saturated heterocycles. The minimum atomic E-state index is -0.405. The first kappa shape index (κ1) is 27.7. The van der Waals surface area contributed by atoms with Crippen LogP contribution in [0.3, 0.4) is 0 Å². The molecule has 3 aromatic rings. The van der Waals surface area contributed by atoms with Crippen LogP contribution in [0.15, 0.2) is 65.6 Å². The molecule has 38 heavy (non-hydrogen) atoms. The zero-order chi connectivity index (χ0) is 27.1. The molecule has 4 rings (SSSR count). The highest BCUT2D eigenvalue weighted by Gasteiger charge is 2.30. The summed E-state index contributed by atoms with van der Waals surface area (Å²) in [5.41, 5.74) is 3.11. The average Bonchev–Trinajstić information content (AvgIpc) is 3.27. The molecule has 2 amide bonds. The number of methoxy groups -OCH3 is 1. The van der Waals surface area contributed by atoms with Crippen LogP contribution >= 0.6 is 23.1 Å². The van der Waals surface area contributed by atoms with Crippen molar-refractivity contribution in [1.29, 1.82) is 0 Å². The summed E-state index contributed by atoms with van der Waals surface area (Å²) in [5.74, 6) is -0.241. The molecule has 0 aliphatic heterocycles. The maximum absolute atomic E-state index is 13.3. The first-order valence-electron chi connectivity index (χ1n) is 12.7. The third kappa shape index (κ3) is 6.94. The van der Waals surface area contributed by atoms with Crippen molar-refractivity contribution in [1.82, 2.24) is 0 Å². The molecule has 8 heteroatoms. The number of ether oxygens (including phenoxy) is 1. The van der Waals surface area contributed by atoms with Crippen LogP contribution in [0.1, 0.15) is 53.1 Å². The Bertz CT molecular complexity index is 1330. The number of fused-ring (bicyclic) bond motifs is 1. The van der Waals surface area contributed by atoms with Gasteiger partial charge in [-0.2, -0.15) is 0 Å². The minimum absolute atomic E-state index is 0.158. The number of hydrogen-bond donors (Lipinski definition) is 2. The van der Waals surface area contributed by atoms with Gasteiger partial charge in [0.25, 0.3) is 0 Å². The fourth-order valence-corrected chi connectivity index (χ4v) is 6.82. The van der Waals surface area contributed by atoms with Gasteiger partial charge >= 0.3 is 5.97 Å². The highest BCUT2D eigenvalue weighted by atomic mass is 32.2. The van der Waals surface area contributed by atoms with E-state index in [0.29, 0.717) is 28.6 Å². The van der Waals surface area contributed by atoms with E-state index in [0.717, 1.165) is 40.2 Å². The summed E-state index contributed by atoms with van der Waals surface area (Å²) in [6.45, 7) is 4.16. The van der Waals surface area contributed by atoms with Gasteiger partial charge in [-0.15, -0.1) is 23.1 Å². The van der Waals surface area contributed by atoms with E-state index in [-0.39, 0.29) is 17.1 Å². The van der Waals surface area contributed by atoms with Crippen LogP contribution in [0.2, 0.25) is 0 Å². The van der Waals surface area contributed by atoms with Crippen LogP contribution in [-0.2, 0) is 27.2 Å². The Kier molecular flexibility index (Phi) is 9.42. The lowest BCUT2D eigenvalue weighted by Gasteiger charge is -2.18. The lowest BCUT2D eigenvalue weighted by atomic mass is 9.88. The van der Waals surface area contributed by atoms with Crippen molar-refractivity contribution in [2.45, 2.75) is 49.7 Å². The number of anilines is 2. The Morgan fingerprint density at radius 2 is 1.92 bits per heavy atom. The molecule has 2 atom stereocenters. The van der Waals surface area contributed by atoms with Crippen LogP contribution in [0.5, 0.6) is 0 Å². The van der Waals surface area contributed by atoms with Crippen LogP contribution in [-0.4, -0.2) is 30.1 Å². The third-order valence-corrected chi connectivity index (χ3v) is 8.94. The predicted molar refractivity (Wildman–Crippen MR) is 156 cm³/mol. The van der Waals surface area contributed by atoms with E-state index in [1.165, 1.54) is 36.3 Å². The summed E-state index contributed by atoms with van der Waals surface area (Å²) in [4.78, 5) is 40.3. The van der Waals surface area contributed by atoms with Gasteiger partial charge < -0.3 is 15.4 Å². The van der Waals surface area contributed by atoms with Crippen LogP contribution in [0.25, 0.3) is 6.08 Å². The fraction of sp³-hybridized carbons (Fsp3) is 0.300. The molecule has 0 radical (unpaired) electrons. The molecule has 6 nitrogen and oxygen atoms in total. The molecule has 2 aromatic carbocycles. The number of carbonyl (C=O) groups is 3. The second kappa shape index (κ2) is 12.9. The van der Waals surface area contributed by atoms with Gasteiger partial charge in [0.1, 0.15) is 5.00 Å². The second-order valence-electron chi connectivity index (χ2n) is 9.31. The molecule has 1 heterocycles. The topological polar surface area (TPSA) is 84.5 Å². The lowest BCUT2D eigenvalue weighted by Crippen LogP contribution is -2.25. The molecule has 2 unspecified atom stereocenters. The summed E-state index contributed by atoms with van der Waals surface area (Å²) < 4.78 is 5.05. The molecule has 1 aromatic heterocycles. The van der Waals surface area contributed by atoms with E-state index in [9.17, 15) is 14.4 Å². The zero-order valence-electron chi connectivity index (χ0n) is 21.8. The summed E-state index contributed by atoms with van der Waals surface area (Å²) in [7, 11) is 1.37. The van der Waals surface area contributed by atoms with Crippen LogP contribution < -0.4 is 10.6 Å². The van der Waals surface area contributed by atoms with E-state index in [1.807, 2.05) is 61.5 Å². The summed E-state index contributed by atoms with van der Waals surface area (Å²) >= 11 is 2.92. The first-order chi connectivity index (χ1) is 18.4. The van der Waals surface area contributed by atoms with Gasteiger partial charge in [-0.1, -0.05) is 50.2 Å². The Hall–Kier alpha value is -3.36. The molecule has 198 valence electrons. The van der Waals surface area contributed by atoms with E-state index < -0.39 is 5.97 Å². The number of amides is 2. The number of rotatable bonds is 9. The first-order valence-corrected chi connectivity index (χ1v) is 14.4. The number of nitrogens with one attached hydrogen (secondary N) is 2. The number of hydrogen-bond acceptors (Lipinski definition) is 6. The SMILES string of the molecule is CCC(Sc1cccc(NC(=O)/C=C/c2ccccc2)c1)C(=O)Nc1sc2c(c1C(=O)OC)CCC(C)C2. The zero-order valence-corrected chi connectivity index (χ0v) is 23.4. The number of thioether (sulfide) groups is 1. The quantitative estimate of drug-likeness (QED) is 0.174. The van der Waals surface area contributed by atoms with Gasteiger partial charge in [-0.05, 0) is 67.0 Å². The van der Waals surface area contributed by atoms with Gasteiger partial charge in [0.05, 0.1) is 17.9 Å². The Labute approximate surface area is 231 Å². The maximum atomic E-state index is 13.3. The van der Waals surface area contributed by atoms with Gasteiger partial charge in [-0.25, -0.2) is 4.79 Å². The standard InChI is InChI=1S/C30H32N2O4S2/c1-4-24(28(34)32-29-27(30(35)36-3)23-15-13-19(2)17-25(23)38-29)37-22-12-8-11-21(18-22)31-26(33)16-14-20-9-6-5-7-10-20/h5-12,14,16,18-19,24H,4,13,15,17H2,1-3H3,(H,31,33)(H,32,34)/b16-14+. The molecule has 0 saturated carbocycles. The molecule has 0 spiro atoms. The van der Waals surface area contributed by atoms with Gasteiger partial charge in [0.2, 0.25) is 11.8 Å². The van der Waals surface area contributed by atoms with Crippen molar-refractivity contribution < 1.29 is 19.1 Å². The van der Waals surface area contributed by atoms with E-state index in [4.69, 9.17) is 4.74 Å². The van der Waals surface area contributed by atoms with Crippen LogP contribution in [0.4, 0.5) is 10.7 Å². The lowest BCUT2D eigenvalue weighted by molar-refractivity contribution is -0.115. The average molecular weight is 549 g/mol. The Morgan fingerprint density at radius 1 is 1.13 bits per heavy atom. The normalized spacial score (nSPS) is 15.5. The molecule has 0 bridgehead atoms. The Balaban J connectivity index is 1.43. The van der Waals surface area contributed by atoms with Crippen molar-refractivity contribution >= 4 is 57.6 Å². The maximum Gasteiger partial charge on any atom is 0.341 e. The molecule has 1 aliphatic carbocycles. The van der Waals surface area contributed by atoms with Crippen molar-refractivity contribution in [2.24, 2.45) is 5.92 Å². The van der Waals surface area contributed by atoms with Gasteiger partial charge in [0.15, 0.2) is 0 Å². The highest BCUT2D eigenvalue weighted by Crippen LogP contribution is 2.40. The smallest absolute Gasteiger partial charge is 0.341 e. The molecule has 1 aliphatic rings. The monoisotopic (exact) mass is 548 g/mol. The number of carbonyl (C=O) groups excluding carboxylic acids is 3. The van der Waals surface area contributed by atoms with E-state index in [1.54, 1.807) is 6.08 Å². The van der Waals surface area contributed by atoms with Crippen molar-refractivity contribution in [2.75, 3.05) is 17.7 Å². The molecular weight excluding hydrogens is 516 g/mol. The van der Waals surface area contributed by atoms with Crippen molar-refractivity contribution in [3.63, 3.8) is 0 Å². The fourth-order valence-electron chi connectivity index (χ4n) is 4.40. The summed E-state index contributed by atoms with van der Waals surface area (Å²) in [6.07, 6.45) is 6.60. The highest BCUT2D eigenvalue weighted by molar-refractivity contribution is 8.00. The number of esters is 1. The van der Waals surface area contributed by atoms with Crippen LogP contribution in [0, 0.1) is 5.92 Å². The van der Waals surface area contributed by atoms with E-state index in [2.05, 4.69) is 17.6 Å². The van der Waals surface area contributed by atoms with Crippen molar-refractivity contribution in [3.05, 3.63) is 82.2 Å². The predicted octanol–water partition coefficient (Wildman–Crippen LogP) is 6.82.